The van der Waals surface area contributed by atoms with Gasteiger partial charge in [0.15, 0.2) is 0 Å². The Bertz CT molecular complexity index is 473. The van der Waals surface area contributed by atoms with E-state index >= 15 is 0 Å². The predicted molar refractivity (Wildman–Crippen MR) is 73.0 cm³/mol. The van der Waals surface area contributed by atoms with Crippen molar-refractivity contribution in [1.82, 2.24) is 0 Å². The zero-order valence-corrected chi connectivity index (χ0v) is 11.7. The minimum atomic E-state index is -0.469. The van der Waals surface area contributed by atoms with E-state index in [9.17, 15) is 5.11 Å². The average Bonchev–Trinajstić information content (AvgIpc) is 2.38. The zero-order chi connectivity index (χ0) is 12.1. The van der Waals surface area contributed by atoms with Gasteiger partial charge in [0.05, 0.1) is 0 Å². The monoisotopic (exact) mass is 312 g/mol. The third kappa shape index (κ3) is 3.58. The van der Waals surface area contributed by atoms with Crippen molar-refractivity contribution in [2.45, 2.75) is 11.4 Å². The van der Waals surface area contributed by atoms with Crippen LogP contribution < -0.4 is 4.46 Å². The molecule has 0 aromatic heterocycles. The summed E-state index contributed by atoms with van der Waals surface area (Å²) in [6.45, 7) is 0. The standard InChI is InChI=1S/C14H13ClOSe/c15-13-9-5-4-8-12(13)14(16)10-17-11-6-2-1-3-7-11/h1-9,14,16H,10H2. The second-order valence-corrected chi connectivity index (χ2v) is 6.36. The van der Waals surface area contributed by atoms with Gasteiger partial charge in [-0.25, -0.2) is 0 Å². The molecule has 0 amide bonds. The second-order valence-electron chi connectivity index (χ2n) is 3.66. The van der Waals surface area contributed by atoms with Gasteiger partial charge in [0.25, 0.3) is 0 Å². The molecule has 0 saturated carbocycles. The van der Waals surface area contributed by atoms with Crippen LogP contribution in [0.2, 0.25) is 10.3 Å². The van der Waals surface area contributed by atoms with Crippen LogP contribution in [-0.2, 0) is 0 Å². The second kappa shape index (κ2) is 6.23. The summed E-state index contributed by atoms with van der Waals surface area (Å²) in [5.41, 5.74) is 0.826. The van der Waals surface area contributed by atoms with E-state index in [1.54, 1.807) is 0 Å². The Hall–Kier alpha value is -0.791. The van der Waals surface area contributed by atoms with E-state index in [1.165, 1.54) is 4.46 Å². The van der Waals surface area contributed by atoms with Crippen molar-refractivity contribution in [2.24, 2.45) is 0 Å². The summed E-state index contributed by atoms with van der Waals surface area (Å²) >= 11 is 6.33. The summed E-state index contributed by atoms with van der Waals surface area (Å²) in [6, 6.07) is 17.7. The van der Waals surface area contributed by atoms with Crippen LogP contribution in [0.1, 0.15) is 11.7 Å². The molecule has 0 aliphatic heterocycles. The quantitative estimate of drug-likeness (QED) is 0.861. The molecule has 3 heteroatoms. The first-order chi connectivity index (χ1) is 8.27. The van der Waals surface area contributed by atoms with Crippen molar-refractivity contribution in [2.75, 3.05) is 0 Å². The van der Waals surface area contributed by atoms with Gasteiger partial charge in [0, 0.05) is 0 Å². The fourth-order valence-corrected chi connectivity index (χ4v) is 3.63. The van der Waals surface area contributed by atoms with E-state index in [0.29, 0.717) is 5.02 Å². The van der Waals surface area contributed by atoms with Crippen molar-refractivity contribution >= 4 is 31.0 Å². The number of rotatable bonds is 4. The number of aliphatic hydroxyl groups excluding tert-OH is 1. The summed E-state index contributed by atoms with van der Waals surface area (Å²) in [5, 5.41) is 11.5. The molecule has 2 aromatic rings. The van der Waals surface area contributed by atoms with Gasteiger partial charge in [-0.05, 0) is 0 Å². The Labute approximate surface area is 113 Å². The summed E-state index contributed by atoms with van der Waals surface area (Å²) in [5.74, 6) is 0. The van der Waals surface area contributed by atoms with E-state index in [4.69, 9.17) is 11.6 Å². The van der Waals surface area contributed by atoms with E-state index in [-0.39, 0.29) is 15.0 Å². The third-order valence-corrected chi connectivity index (χ3v) is 5.04. The van der Waals surface area contributed by atoms with Gasteiger partial charge in [-0.15, -0.1) is 0 Å². The van der Waals surface area contributed by atoms with Gasteiger partial charge in [-0.3, -0.25) is 0 Å². The van der Waals surface area contributed by atoms with Crippen LogP contribution in [0.4, 0.5) is 0 Å². The molecule has 0 heterocycles. The summed E-state index contributed by atoms with van der Waals surface area (Å²) in [7, 11) is 0. The van der Waals surface area contributed by atoms with Gasteiger partial charge >= 0.3 is 113 Å². The molecule has 1 unspecified atom stereocenters. The van der Waals surface area contributed by atoms with Crippen molar-refractivity contribution in [3.8, 4) is 0 Å². The predicted octanol–water partition coefficient (Wildman–Crippen LogP) is 2.82. The first kappa shape index (κ1) is 12.7. The van der Waals surface area contributed by atoms with Crippen molar-refractivity contribution in [1.29, 1.82) is 0 Å². The van der Waals surface area contributed by atoms with E-state index in [0.717, 1.165) is 10.9 Å². The molecular weight excluding hydrogens is 299 g/mol. The average molecular weight is 312 g/mol. The topological polar surface area (TPSA) is 20.2 Å². The molecule has 1 atom stereocenters. The van der Waals surface area contributed by atoms with E-state index < -0.39 is 6.10 Å². The van der Waals surface area contributed by atoms with Gasteiger partial charge in [0.1, 0.15) is 0 Å². The maximum atomic E-state index is 10.1. The normalized spacial score (nSPS) is 12.4. The van der Waals surface area contributed by atoms with Crippen LogP contribution in [-0.4, -0.2) is 20.1 Å². The fraction of sp³-hybridized carbons (Fsp3) is 0.143. The molecular formula is C14H13ClOSe. The van der Waals surface area contributed by atoms with Crippen LogP contribution in [0, 0.1) is 0 Å². The van der Waals surface area contributed by atoms with Crippen LogP contribution in [0.15, 0.2) is 54.6 Å². The summed E-state index contributed by atoms with van der Waals surface area (Å²) in [4.78, 5) is 0. The van der Waals surface area contributed by atoms with E-state index in [2.05, 4.69) is 12.1 Å². The first-order valence-corrected chi connectivity index (χ1v) is 7.82. The SMILES string of the molecule is OC(C[Se]c1ccccc1)c1ccccc1Cl. The maximum absolute atomic E-state index is 10.1. The molecule has 1 nitrogen and oxygen atoms in total. The van der Waals surface area contributed by atoms with Gasteiger partial charge in [-0.2, -0.15) is 0 Å². The van der Waals surface area contributed by atoms with Crippen LogP contribution in [0.25, 0.3) is 0 Å². The molecule has 0 saturated heterocycles. The van der Waals surface area contributed by atoms with Gasteiger partial charge in [-0.1, -0.05) is 0 Å². The van der Waals surface area contributed by atoms with Gasteiger partial charge < -0.3 is 0 Å². The Morgan fingerprint density at radius 1 is 1.00 bits per heavy atom. The van der Waals surface area contributed by atoms with Gasteiger partial charge in [0.2, 0.25) is 0 Å². The number of benzene rings is 2. The Morgan fingerprint density at radius 3 is 2.35 bits per heavy atom. The number of aliphatic hydroxyl groups is 1. The Kier molecular flexibility index (Phi) is 4.64. The fourth-order valence-electron chi connectivity index (χ4n) is 1.53. The third-order valence-electron chi connectivity index (χ3n) is 2.42. The molecule has 88 valence electrons. The number of hydrogen-bond donors (Lipinski definition) is 1. The molecule has 0 radical (unpaired) electrons. The molecule has 0 spiro atoms. The van der Waals surface area contributed by atoms with Crippen molar-refractivity contribution in [3.63, 3.8) is 0 Å². The number of hydrogen-bond acceptors (Lipinski definition) is 1. The van der Waals surface area contributed by atoms with Crippen molar-refractivity contribution in [3.05, 3.63) is 65.2 Å². The summed E-state index contributed by atoms with van der Waals surface area (Å²) in [6.07, 6.45) is -0.469. The van der Waals surface area contributed by atoms with E-state index in [1.807, 2.05) is 42.5 Å². The molecule has 0 bridgehead atoms. The first-order valence-electron chi connectivity index (χ1n) is 5.37. The molecule has 1 N–H and O–H groups in total. The van der Waals surface area contributed by atoms with Crippen LogP contribution in [0.3, 0.4) is 0 Å². The molecule has 0 aliphatic rings. The molecule has 2 aromatic carbocycles. The minimum absolute atomic E-state index is 0.278. The zero-order valence-electron chi connectivity index (χ0n) is 9.21. The molecule has 17 heavy (non-hydrogen) atoms. The number of halogens is 1. The Morgan fingerprint density at radius 2 is 1.65 bits per heavy atom. The molecule has 0 aliphatic carbocycles. The van der Waals surface area contributed by atoms with Crippen molar-refractivity contribution < 1.29 is 5.11 Å². The Balaban J connectivity index is 1.99. The van der Waals surface area contributed by atoms with Crippen LogP contribution in [0.5, 0.6) is 0 Å². The van der Waals surface area contributed by atoms with Crippen LogP contribution >= 0.6 is 11.6 Å². The molecule has 2 rings (SSSR count). The summed E-state index contributed by atoms with van der Waals surface area (Å²) < 4.78 is 1.30. The molecule has 0 fully saturated rings.